The molecule has 1 aromatic heterocycles. The summed E-state index contributed by atoms with van der Waals surface area (Å²) in [6, 6.07) is 14.5. The number of hydrogen-bond donors (Lipinski definition) is 2. The summed E-state index contributed by atoms with van der Waals surface area (Å²) < 4.78 is 7.61. The molecule has 0 radical (unpaired) electrons. The van der Waals surface area contributed by atoms with E-state index in [1.54, 1.807) is 24.4 Å². The van der Waals surface area contributed by atoms with Crippen molar-refractivity contribution in [3.05, 3.63) is 77.9 Å². The van der Waals surface area contributed by atoms with Crippen LogP contribution in [0, 0.1) is 6.92 Å². The Bertz CT molecular complexity index is 1040. The fourth-order valence-corrected chi connectivity index (χ4v) is 3.24. The standard InChI is InChI=1S/C24H28N4O3/c1-16(2)31-21-11-10-19(14-17(21)3)26-23(29)24(30)27-20(18-8-6-5-7-9-18)15-22-25-12-13-28(22)4/h5-14,16,20H,15H2,1-4H3,(H,26,29)(H,27,30)/t20-/m1/s1. The summed E-state index contributed by atoms with van der Waals surface area (Å²) in [6.45, 7) is 5.80. The number of rotatable bonds is 7. The van der Waals surface area contributed by atoms with E-state index < -0.39 is 11.8 Å². The molecule has 0 spiro atoms. The van der Waals surface area contributed by atoms with Gasteiger partial charge in [0.15, 0.2) is 0 Å². The molecule has 0 bridgehead atoms. The van der Waals surface area contributed by atoms with Crippen LogP contribution in [0.4, 0.5) is 5.69 Å². The number of anilines is 1. The predicted molar refractivity (Wildman–Crippen MR) is 120 cm³/mol. The van der Waals surface area contributed by atoms with Gasteiger partial charge in [-0.3, -0.25) is 9.59 Å². The number of aryl methyl sites for hydroxylation is 2. The second kappa shape index (κ2) is 9.93. The number of ether oxygens (including phenoxy) is 1. The van der Waals surface area contributed by atoms with Gasteiger partial charge in [-0.15, -0.1) is 0 Å². The number of hydrogen-bond acceptors (Lipinski definition) is 4. The predicted octanol–water partition coefficient (Wildman–Crippen LogP) is 3.55. The molecule has 0 fully saturated rings. The zero-order valence-corrected chi connectivity index (χ0v) is 18.3. The number of carbonyl (C=O) groups excluding carboxylic acids is 2. The molecule has 0 unspecified atom stereocenters. The zero-order chi connectivity index (χ0) is 22.4. The van der Waals surface area contributed by atoms with Crippen molar-refractivity contribution in [2.75, 3.05) is 5.32 Å². The highest BCUT2D eigenvalue weighted by molar-refractivity contribution is 6.39. The molecule has 2 amide bonds. The Morgan fingerprint density at radius 3 is 2.45 bits per heavy atom. The molecule has 3 rings (SSSR count). The van der Waals surface area contributed by atoms with Gasteiger partial charge in [0, 0.05) is 31.5 Å². The minimum atomic E-state index is -0.724. The third-order valence-electron chi connectivity index (χ3n) is 4.82. The largest absolute Gasteiger partial charge is 0.491 e. The van der Waals surface area contributed by atoms with Gasteiger partial charge in [-0.05, 0) is 50.1 Å². The Hall–Kier alpha value is -3.61. The van der Waals surface area contributed by atoms with Crippen LogP contribution in [-0.2, 0) is 23.1 Å². The van der Waals surface area contributed by atoms with Crippen LogP contribution in [0.3, 0.4) is 0 Å². The first kappa shape index (κ1) is 22.1. The molecular formula is C24H28N4O3. The van der Waals surface area contributed by atoms with Crippen LogP contribution in [0.15, 0.2) is 60.9 Å². The summed E-state index contributed by atoms with van der Waals surface area (Å²) in [5.41, 5.74) is 2.32. The van der Waals surface area contributed by atoms with Crippen molar-refractivity contribution in [1.82, 2.24) is 14.9 Å². The summed E-state index contributed by atoms with van der Waals surface area (Å²) >= 11 is 0. The van der Waals surface area contributed by atoms with Crippen molar-refractivity contribution in [2.45, 2.75) is 39.3 Å². The lowest BCUT2D eigenvalue weighted by molar-refractivity contribution is -0.136. The molecular weight excluding hydrogens is 392 g/mol. The van der Waals surface area contributed by atoms with Gasteiger partial charge < -0.3 is 19.9 Å². The SMILES string of the molecule is Cc1cc(NC(=O)C(=O)N[C@H](Cc2nccn2C)c2ccccc2)ccc1OC(C)C. The number of benzene rings is 2. The molecule has 0 aliphatic rings. The Balaban J connectivity index is 1.70. The first-order valence-electron chi connectivity index (χ1n) is 10.2. The average Bonchev–Trinajstić information content (AvgIpc) is 3.14. The molecule has 31 heavy (non-hydrogen) atoms. The number of nitrogens with one attached hydrogen (secondary N) is 2. The lowest BCUT2D eigenvalue weighted by Gasteiger charge is -2.19. The van der Waals surface area contributed by atoms with E-state index in [9.17, 15) is 9.59 Å². The van der Waals surface area contributed by atoms with Crippen LogP contribution in [0.25, 0.3) is 0 Å². The normalized spacial score (nSPS) is 11.8. The number of nitrogens with zero attached hydrogens (tertiary/aromatic N) is 2. The highest BCUT2D eigenvalue weighted by Gasteiger charge is 2.22. The minimum Gasteiger partial charge on any atom is -0.491 e. The lowest BCUT2D eigenvalue weighted by atomic mass is 10.0. The van der Waals surface area contributed by atoms with E-state index >= 15 is 0 Å². The topological polar surface area (TPSA) is 85.3 Å². The molecule has 2 aromatic carbocycles. The first-order chi connectivity index (χ1) is 14.8. The fourth-order valence-electron chi connectivity index (χ4n) is 3.24. The Morgan fingerprint density at radius 1 is 1.10 bits per heavy atom. The van der Waals surface area contributed by atoms with Gasteiger partial charge in [0.25, 0.3) is 0 Å². The van der Waals surface area contributed by atoms with Gasteiger partial charge in [0.2, 0.25) is 0 Å². The molecule has 1 heterocycles. The second-order valence-electron chi connectivity index (χ2n) is 7.70. The molecule has 0 saturated carbocycles. The zero-order valence-electron chi connectivity index (χ0n) is 18.3. The van der Waals surface area contributed by atoms with Crippen LogP contribution in [0.5, 0.6) is 5.75 Å². The molecule has 162 valence electrons. The molecule has 2 N–H and O–H groups in total. The van der Waals surface area contributed by atoms with Crippen molar-refractivity contribution in [3.8, 4) is 5.75 Å². The molecule has 0 aliphatic carbocycles. The van der Waals surface area contributed by atoms with E-state index in [1.807, 2.05) is 68.9 Å². The van der Waals surface area contributed by atoms with Crippen molar-refractivity contribution < 1.29 is 14.3 Å². The highest BCUT2D eigenvalue weighted by Crippen LogP contribution is 2.23. The van der Waals surface area contributed by atoms with Crippen molar-refractivity contribution in [1.29, 1.82) is 0 Å². The summed E-state index contributed by atoms with van der Waals surface area (Å²) in [6.07, 6.45) is 4.08. The highest BCUT2D eigenvalue weighted by atomic mass is 16.5. The maximum atomic E-state index is 12.7. The van der Waals surface area contributed by atoms with E-state index in [-0.39, 0.29) is 12.1 Å². The number of carbonyl (C=O) groups is 2. The van der Waals surface area contributed by atoms with Gasteiger partial charge in [0.05, 0.1) is 12.1 Å². The van der Waals surface area contributed by atoms with Crippen LogP contribution < -0.4 is 15.4 Å². The van der Waals surface area contributed by atoms with E-state index in [1.165, 1.54) is 0 Å². The van der Waals surface area contributed by atoms with E-state index in [4.69, 9.17) is 4.74 Å². The van der Waals surface area contributed by atoms with Gasteiger partial charge >= 0.3 is 11.8 Å². The van der Waals surface area contributed by atoms with Crippen LogP contribution >= 0.6 is 0 Å². The van der Waals surface area contributed by atoms with Crippen molar-refractivity contribution in [2.24, 2.45) is 7.05 Å². The first-order valence-corrected chi connectivity index (χ1v) is 10.2. The molecule has 0 aliphatic heterocycles. The molecule has 7 nitrogen and oxygen atoms in total. The molecule has 7 heteroatoms. The molecule has 3 aromatic rings. The van der Waals surface area contributed by atoms with Crippen LogP contribution in [0.2, 0.25) is 0 Å². The Labute approximate surface area is 182 Å². The van der Waals surface area contributed by atoms with Crippen LogP contribution in [0.1, 0.15) is 36.8 Å². The fraction of sp³-hybridized carbons (Fsp3) is 0.292. The Kier molecular flexibility index (Phi) is 7.07. The maximum absolute atomic E-state index is 12.7. The van der Waals surface area contributed by atoms with Gasteiger partial charge in [-0.25, -0.2) is 4.98 Å². The van der Waals surface area contributed by atoms with E-state index in [0.717, 1.165) is 22.7 Å². The van der Waals surface area contributed by atoms with Crippen molar-refractivity contribution >= 4 is 17.5 Å². The van der Waals surface area contributed by atoms with Gasteiger partial charge in [0.1, 0.15) is 11.6 Å². The smallest absolute Gasteiger partial charge is 0.313 e. The third-order valence-corrected chi connectivity index (χ3v) is 4.82. The Morgan fingerprint density at radius 2 is 1.84 bits per heavy atom. The molecule has 1 atom stereocenters. The summed E-state index contributed by atoms with van der Waals surface area (Å²) in [7, 11) is 1.90. The summed E-state index contributed by atoms with van der Waals surface area (Å²) in [5, 5.41) is 5.50. The second-order valence-corrected chi connectivity index (χ2v) is 7.70. The summed E-state index contributed by atoms with van der Waals surface area (Å²) in [5.74, 6) is 0.128. The lowest BCUT2D eigenvalue weighted by Crippen LogP contribution is -2.38. The number of amides is 2. The van der Waals surface area contributed by atoms with Gasteiger partial charge in [-0.2, -0.15) is 0 Å². The maximum Gasteiger partial charge on any atom is 0.313 e. The van der Waals surface area contributed by atoms with Gasteiger partial charge in [-0.1, -0.05) is 30.3 Å². The minimum absolute atomic E-state index is 0.0542. The average molecular weight is 421 g/mol. The molecule has 0 saturated heterocycles. The monoisotopic (exact) mass is 420 g/mol. The third kappa shape index (κ3) is 5.94. The van der Waals surface area contributed by atoms with Crippen LogP contribution in [-0.4, -0.2) is 27.5 Å². The van der Waals surface area contributed by atoms with Crippen molar-refractivity contribution in [3.63, 3.8) is 0 Å². The quantitative estimate of drug-likeness (QED) is 0.573. The number of imidazole rings is 1. The van der Waals surface area contributed by atoms with E-state index in [2.05, 4.69) is 15.6 Å². The number of aromatic nitrogens is 2. The van der Waals surface area contributed by atoms with E-state index in [0.29, 0.717) is 12.1 Å². The summed E-state index contributed by atoms with van der Waals surface area (Å²) in [4.78, 5) is 29.6.